The number of anilines is 1. The predicted octanol–water partition coefficient (Wildman–Crippen LogP) is 5.72. The highest BCUT2D eigenvalue weighted by Crippen LogP contribution is 2.43. The number of fused-ring (bicyclic) bond motifs is 3. The molecule has 0 amide bonds. The summed E-state index contributed by atoms with van der Waals surface area (Å²) in [4.78, 5) is 14.9. The van der Waals surface area contributed by atoms with Gasteiger partial charge in [0.2, 0.25) is 0 Å². The number of aromatic nitrogens is 2. The Bertz CT molecular complexity index is 1040. The largest absolute Gasteiger partial charge is 0.370 e. The number of hydrogen-bond acceptors (Lipinski definition) is 6. The van der Waals surface area contributed by atoms with Crippen LogP contribution >= 0.6 is 23.1 Å². The monoisotopic (exact) mass is 439 g/mol. The third-order valence-corrected chi connectivity index (χ3v) is 8.00. The molecule has 30 heavy (non-hydrogen) atoms. The Kier molecular flexibility index (Phi) is 5.50. The SMILES string of the molecule is CSc1nc(N2CCC(Cc3ccccc3)CC2)c2c3c(sc2n1)COC(C)(C)C3. The van der Waals surface area contributed by atoms with Crippen LogP contribution in [0.2, 0.25) is 0 Å². The van der Waals surface area contributed by atoms with Crippen LogP contribution in [-0.2, 0) is 24.2 Å². The minimum Gasteiger partial charge on any atom is -0.370 e. The van der Waals surface area contributed by atoms with Gasteiger partial charge in [-0.2, -0.15) is 0 Å². The molecule has 2 aliphatic heterocycles. The second kappa shape index (κ2) is 8.13. The van der Waals surface area contributed by atoms with Crippen LogP contribution < -0.4 is 4.90 Å². The Hall–Kier alpha value is -1.63. The molecule has 2 aliphatic rings. The van der Waals surface area contributed by atoms with E-state index in [0.717, 1.165) is 41.2 Å². The van der Waals surface area contributed by atoms with E-state index in [4.69, 9.17) is 14.7 Å². The van der Waals surface area contributed by atoms with Crippen LogP contribution in [0.1, 0.15) is 42.7 Å². The van der Waals surface area contributed by atoms with Gasteiger partial charge in [0.05, 0.1) is 17.6 Å². The first-order valence-electron chi connectivity index (χ1n) is 10.8. The molecule has 0 spiro atoms. The molecule has 4 nitrogen and oxygen atoms in total. The van der Waals surface area contributed by atoms with Gasteiger partial charge in [0.15, 0.2) is 5.16 Å². The van der Waals surface area contributed by atoms with Crippen molar-refractivity contribution in [3.8, 4) is 0 Å². The third-order valence-electron chi connectivity index (χ3n) is 6.35. The number of nitrogens with zero attached hydrogens (tertiary/aromatic N) is 3. The van der Waals surface area contributed by atoms with Gasteiger partial charge in [-0.3, -0.25) is 0 Å². The van der Waals surface area contributed by atoms with Crippen LogP contribution in [0.3, 0.4) is 0 Å². The minimum absolute atomic E-state index is 0.126. The smallest absolute Gasteiger partial charge is 0.190 e. The van der Waals surface area contributed by atoms with Crippen molar-refractivity contribution in [1.82, 2.24) is 9.97 Å². The Morgan fingerprint density at radius 3 is 2.67 bits per heavy atom. The second-order valence-corrected chi connectivity index (χ2v) is 10.9. The lowest BCUT2D eigenvalue weighted by Gasteiger charge is -2.34. The maximum absolute atomic E-state index is 6.08. The molecule has 0 N–H and O–H groups in total. The Morgan fingerprint density at radius 1 is 1.17 bits per heavy atom. The lowest BCUT2D eigenvalue weighted by molar-refractivity contribution is -0.0379. The Morgan fingerprint density at radius 2 is 1.93 bits per heavy atom. The van der Waals surface area contributed by atoms with E-state index >= 15 is 0 Å². The average Bonchev–Trinajstić information content (AvgIpc) is 3.11. The Balaban J connectivity index is 1.43. The minimum atomic E-state index is -0.126. The van der Waals surface area contributed by atoms with Gasteiger partial charge >= 0.3 is 0 Å². The summed E-state index contributed by atoms with van der Waals surface area (Å²) < 4.78 is 6.08. The zero-order valence-corrected chi connectivity index (χ0v) is 19.6. The van der Waals surface area contributed by atoms with Crippen LogP contribution in [0.5, 0.6) is 0 Å². The van der Waals surface area contributed by atoms with Gasteiger partial charge in [-0.25, -0.2) is 9.97 Å². The van der Waals surface area contributed by atoms with E-state index < -0.39 is 0 Å². The second-order valence-electron chi connectivity index (χ2n) is 9.06. The fourth-order valence-electron chi connectivity index (χ4n) is 4.72. The summed E-state index contributed by atoms with van der Waals surface area (Å²) in [5, 5.41) is 2.16. The zero-order chi connectivity index (χ0) is 20.7. The van der Waals surface area contributed by atoms with Crippen LogP contribution in [0, 0.1) is 5.92 Å². The molecule has 2 aromatic heterocycles. The zero-order valence-electron chi connectivity index (χ0n) is 18.0. The fraction of sp³-hybridized carbons (Fsp3) is 0.500. The molecular weight excluding hydrogens is 410 g/mol. The molecule has 0 atom stereocenters. The summed E-state index contributed by atoms with van der Waals surface area (Å²) in [5.74, 6) is 1.91. The number of benzene rings is 1. The summed E-state index contributed by atoms with van der Waals surface area (Å²) in [6, 6.07) is 10.9. The first-order chi connectivity index (χ1) is 14.5. The number of ether oxygens (including phenoxy) is 1. The van der Waals surface area contributed by atoms with E-state index in [1.807, 2.05) is 0 Å². The van der Waals surface area contributed by atoms with Crippen molar-refractivity contribution in [3.63, 3.8) is 0 Å². The first-order valence-corrected chi connectivity index (χ1v) is 12.9. The van der Waals surface area contributed by atoms with Gasteiger partial charge in [0.1, 0.15) is 10.6 Å². The Labute approximate surface area is 187 Å². The predicted molar refractivity (Wildman–Crippen MR) is 127 cm³/mol. The van der Waals surface area contributed by atoms with Crippen molar-refractivity contribution >= 4 is 39.1 Å². The van der Waals surface area contributed by atoms with Crippen LogP contribution in [0.15, 0.2) is 35.5 Å². The summed E-state index contributed by atoms with van der Waals surface area (Å²) in [7, 11) is 0. The van der Waals surface area contributed by atoms with Gasteiger partial charge in [-0.05, 0) is 56.4 Å². The molecule has 3 aromatic rings. The van der Waals surface area contributed by atoms with Crippen LogP contribution in [0.4, 0.5) is 5.82 Å². The van der Waals surface area contributed by atoms with Crippen LogP contribution in [0.25, 0.3) is 10.2 Å². The molecule has 6 heteroatoms. The molecule has 0 radical (unpaired) electrons. The lowest BCUT2D eigenvalue weighted by Crippen LogP contribution is -2.35. The first kappa shape index (κ1) is 20.3. The molecule has 0 bridgehead atoms. The summed E-state index contributed by atoms with van der Waals surface area (Å²) >= 11 is 3.43. The molecule has 1 aromatic carbocycles. The maximum atomic E-state index is 6.08. The third kappa shape index (κ3) is 3.97. The maximum Gasteiger partial charge on any atom is 0.190 e. The number of thiophene rings is 1. The molecule has 4 heterocycles. The number of piperidine rings is 1. The molecule has 5 rings (SSSR count). The standard InChI is InChI=1S/C24H29N3OS2/c1-24(2)14-18-19(15-28-24)30-22-20(18)21(25-23(26-22)29-3)27-11-9-17(10-12-27)13-16-7-5-4-6-8-16/h4-8,17H,9-15H2,1-3H3. The molecule has 0 saturated carbocycles. The van der Waals surface area contributed by atoms with Gasteiger partial charge in [0.25, 0.3) is 0 Å². The van der Waals surface area contributed by atoms with E-state index in [9.17, 15) is 0 Å². The molecule has 0 unspecified atom stereocenters. The lowest BCUT2D eigenvalue weighted by atomic mass is 9.90. The highest BCUT2D eigenvalue weighted by atomic mass is 32.2. The molecule has 1 fully saturated rings. The number of thioether (sulfide) groups is 1. The summed E-state index contributed by atoms with van der Waals surface area (Å²) in [6.45, 7) is 7.21. The van der Waals surface area contributed by atoms with Gasteiger partial charge in [-0.1, -0.05) is 42.1 Å². The fourth-order valence-corrected chi connectivity index (χ4v) is 6.24. The topological polar surface area (TPSA) is 38.2 Å². The van der Waals surface area contributed by atoms with Crippen molar-refractivity contribution in [2.75, 3.05) is 24.2 Å². The van der Waals surface area contributed by atoms with Gasteiger partial charge < -0.3 is 9.64 Å². The van der Waals surface area contributed by atoms with Gasteiger partial charge in [-0.15, -0.1) is 11.3 Å². The van der Waals surface area contributed by atoms with Crippen molar-refractivity contribution in [2.24, 2.45) is 5.92 Å². The van der Waals surface area contributed by atoms with Crippen molar-refractivity contribution in [3.05, 3.63) is 46.3 Å². The van der Waals surface area contributed by atoms with E-state index in [1.165, 1.54) is 40.7 Å². The van der Waals surface area contributed by atoms with E-state index in [-0.39, 0.29) is 5.60 Å². The number of rotatable bonds is 4. The van der Waals surface area contributed by atoms with E-state index in [1.54, 1.807) is 23.1 Å². The quantitative estimate of drug-likeness (QED) is 0.384. The highest BCUT2D eigenvalue weighted by Gasteiger charge is 2.32. The average molecular weight is 440 g/mol. The molecular formula is C24H29N3OS2. The normalized spacial score (nSPS) is 19.2. The van der Waals surface area contributed by atoms with Crippen molar-refractivity contribution in [1.29, 1.82) is 0 Å². The molecule has 158 valence electrons. The van der Waals surface area contributed by atoms with E-state index in [0.29, 0.717) is 6.61 Å². The molecule has 0 aliphatic carbocycles. The van der Waals surface area contributed by atoms with Crippen molar-refractivity contribution < 1.29 is 4.74 Å². The summed E-state index contributed by atoms with van der Waals surface area (Å²) in [6.07, 6.45) is 6.62. The number of hydrogen-bond donors (Lipinski definition) is 0. The van der Waals surface area contributed by atoms with E-state index in [2.05, 4.69) is 55.3 Å². The van der Waals surface area contributed by atoms with Gasteiger partial charge in [0, 0.05) is 24.4 Å². The highest BCUT2D eigenvalue weighted by molar-refractivity contribution is 7.98. The van der Waals surface area contributed by atoms with Crippen molar-refractivity contribution in [2.45, 2.75) is 56.9 Å². The summed E-state index contributed by atoms with van der Waals surface area (Å²) in [5.41, 5.74) is 2.75. The van der Waals surface area contributed by atoms with Crippen LogP contribution in [-0.4, -0.2) is 34.9 Å². The molecule has 1 saturated heterocycles.